The van der Waals surface area contributed by atoms with Crippen molar-refractivity contribution in [2.24, 2.45) is 11.8 Å². The summed E-state index contributed by atoms with van der Waals surface area (Å²) in [7, 11) is -3.53. The van der Waals surface area contributed by atoms with E-state index in [0.717, 1.165) is 12.8 Å². The van der Waals surface area contributed by atoms with Gasteiger partial charge in [-0.15, -0.1) is 0 Å². The summed E-state index contributed by atoms with van der Waals surface area (Å²) in [5, 5.41) is 9.13. The molecule has 116 valence electrons. The van der Waals surface area contributed by atoms with E-state index < -0.39 is 22.1 Å². The van der Waals surface area contributed by atoms with Crippen molar-refractivity contribution in [2.75, 3.05) is 19.6 Å². The number of rotatable bonds is 3. The third-order valence-corrected chi connectivity index (χ3v) is 6.50. The summed E-state index contributed by atoms with van der Waals surface area (Å²) < 4.78 is 28.4. The zero-order valence-corrected chi connectivity index (χ0v) is 13.0. The zero-order valence-electron chi connectivity index (χ0n) is 12.2. The molecule has 3 unspecified atom stereocenters. The normalized spacial score (nSPS) is 34.0. The molecule has 0 amide bonds. The lowest BCUT2D eigenvalue weighted by molar-refractivity contribution is -0.143. The molecule has 0 aromatic heterocycles. The quantitative estimate of drug-likeness (QED) is 0.848. The molecule has 2 aliphatic heterocycles. The van der Waals surface area contributed by atoms with Crippen molar-refractivity contribution in [3.8, 4) is 0 Å². The van der Waals surface area contributed by atoms with E-state index in [9.17, 15) is 13.2 Å². The molecule has 6 nitrogen and oxygen atoms in total. The first kappa shape index (κ1) is 15.7. The smallest absolute Gasteiger partial charge is 0.307 e. The molecule has 2 aliphatic rings. The number of aliphatic carboxylic acids is 1. The Morgan fingerprint density at radius 1 is 1.15 bits per heavy atom. The van der Waals surface area contributed by atoms with Gasteiger partial charge in [-0.3, -0.25) is 4.79 Å². The van der Waals surface area contributed by atoms with Crippen LogP contribution in [0.5, 0.6) is 0 Å². The van der Waals surface area contributed by atoms with Crippen LogP contribution in [0.25, 0.3) is 0 Å². The third kappa shape index (κ3) is 3.15. The Balaban J connectivity index is 2.16. The third-order valence-electron chi connectivity index (χ3n) is 4.42. The molecule has 1 N–H and O–H groups in total. The van der Waals surface area contributed by atoms with Crippen molar-refractivity contribution in [1.82, 2.24) is 8.61 Å². The van der Waals surface area contributed by atoms with Gasteiger partial charge in [0, 0.05) is 25.7 Å². The minimum atomic E-state index is -3.53. The van der Waals surface area contributed by atoms with Gasteiger partial charge in [0.2, 0.25) is 0 Å². The number of hydrogen-bond donors (Lipinski definition) is 1. The van der Waals surface area contributed by atoms with Crippen molar-refractivity contribution in [3.63, 3.8) is 0 Å². The Morgan fingerprint density at radius 3 is 2.45 bits per heavy atom. The highest BCUT2D eigenvalue weighted by atomic mass is 32.2. The highest BCUT2D eigenvalue weighted by molar-refractivity contribution is 7.86. The van der Waals surface area contributed by atoms with Crippen LogP contribution in [0, 0.1) is 11.8 Å². The molecule has 0 aromatic rings. The number of hydrogen-bond acceptors (Lipinski definition) is 3. The molecule has 20 heavy (non-hydrogen) atoms. The first-order valence-electron chi connectivity index (χ1n) is 7.32. The predicted octanol–water partition coefficient (Wildman–Crippen LogP) is 1.15. The molecule has 2 saturated heterocycles. The monoisotopic (exact) mass is 304 g/mol. The fraction of sp³-hybridized carbons (Fsp3) is 0.923. The Hall–Kier alpha value is -0.660. The largest absolute Gasteiger partial charge is 0.481 e. The van der Waals surface area contributed by atoms with E-state index in [-0.39, 0.29) is 12.6 Å². The van der Waals surface area contributed by atoms with Crippen molar-refractivity contribution in [2.45, 2.75) is 45.6 Å². The first-order chi connectivity index (χ1) is 9.32. The predicted molar refractivity (Wildman–Crippen MR) is 75.4 cm³/mol. The average molecular weight is 304 g/mol. The molecular weight excluding hydrogens is 280 g/mol. The molecular formula is C13H24N2O4S. The Bertz CT molecular complexity index is 465. The van der Waals surface area contributed by atoms with Gasteiger partial charge in [0.25, 0.3) is 10.2 Å². The van der Waals surface area contributed by atoms with Crippen molar-refractivity contribution in [1.29, 1.82) is 0 Å². The van der Waals surface area contributed by atoms with Gasteiger partial charge in [0.1, 0.15) is 0 Å². The van der Waals surface area contributed by atoms with Crippen LogP contribution in [-0.2, 0) is 15.0 Å². The summed E-state index contributed by atoms with van der Waals surface area (Å²) in [6.07, 6.45) is 3.10. The lowest BCUT2D eigenvalue weighted by atomic mass is 9.96. The number of carbonyl (C=O) groups is 1. The van der Waals surface area contributed by atoms with Gasteiger partial charge in [-0.05, 0) is 38.5 Å². The molecule has 2 fully saturated rings. The van der Waals surface area contributed by atoms with Crippen molar-refractivity contribution >= 4 is 16.2 Å². The maximum absolute atomic E-state index is 12.7. The highest BCUT2D eigenvalue weighted by Crippen LogP contribution is 2.28. The molecule has 2 heterocycles. The molecule has 0 spiro atoms. The van der Waals surface area contributed by atoms with Gasteiger partial charge in [-0.1, -0.05) is 6.92 Å². The summed E-state index contributed by atoms with van der Waals surface area (Å²) in [6.45, 7) is 5.12. The Morgan fingerprint density at radius 2 is 1.85 bits per heavy atom. The van der Waals surface area contributed by atoms with E-state index in [2.05, 4.69) is 6.92 Å². The topological polar surface area (TPSA) is 77.9 Å². The minimum absolute atomic E-state index is 0.101. The summed E-state index contributed by atoms with van der Waals surface area (Å²) >= 11 is 0. The molecule has 3 atom stereocenters. The summed E-state index contributed by atoms with van der Waals surface area (Å²) in [5.74, 6) is -1.11. The highest BCUT2D eigenvalue weighted by Gasteiger charge is 2.40. The van der Waals surface area contributed by atoms with E-state index in [1.807, 2.05) is 6.92 Å². The SMILES string of the molecule is CC1CCCN(S(=O)(=O)N2CC(C(=O)O)CCC2C)C1. The van der Waals surface area contributed by atoms with E-state index in [1.54, 1.807) is 0 Å². The fourth-order valence-electron chi connectivity index (χ4n) is 3.10. The zero-order chi connectivity index (χ0) is 14.9. The maximum atomic E-state index is 12.7. The molecule has 0 aliphatic carbocycles. The standard InChI is InChI=1S/C13H24N2O4S/c1-10-4-3-7-14(8-10)20(18,19)15-9-12(13(16)17)6-5-11(15)2/h10-12H,3-9H2,1-2H3,(H,16,17). The summed E-state index contributed by atoms with van der Waals surface area (Å²) in [4.78, 5) is 11.1. The van der Waals surface area contributed by atoms with E-state index in [4.69, 9.17) is 5.11 Å². The van der Waals surface area contributed by atoms with Gasteiger partial charge in [-0.25, -0.2) is 0 Å². The number of carboxylic acids is 1. The summed E-state index contributed by atoms with van der Waals surface area (Å²) in [6, 6.07) is -0.118. The van der Waals surface area contributed by atoms with Gasteiger partial charge in [-0.2, -0.15) is 17.0 Å². The van der Waals surface area contributed by atoms with Crippen LogP contribution in [0.4, 0.5) is 0 Å². The van der Waals surface area contributed by atoms with Crippen LogP contribution in [0.15, 0.2) is 0 Å². The minimum Gasteiger partial charge on any atom is -0.481 e. The molecule has 0 radical (unpaired) electrons. The van der Waals surface area contributed by atoms with Crippen LogP contribution < -0.4 is 0 Å². The van der Waals surface area contributed by atoms with E-state index in [1.165, 1.54) is 8.61 Å². The molecule has 7 heteroatoms. The fourth-order valence-corrected chi connectivity index (χ4v) is 5.13. The number of piperidine rings is 2. The molecule has 0 saturated carbocycles. The lowest BCUT2D eigenvalue weighted by Gasteiger charge is -2.40. The van der Waals surface area contributed by atoms with Crippen LogP contribution in [0.1, 0.15) is 39.5 Å². The van der Waals surface area contributed by atoms with Crippen LogP contribution >= 0.6 is 0 Å². The van der Waals surface area contributed by atoms with Gasteiger partial charge in [0.15, 0.2) is 0 Å². The Labute approximate surface area is 120 Å². The second kappa shape index (κ2) is 5.99. The van der Waals surface area contributed by atoms with Gasteiger partial charge >= 0.3 is 5.97 Å². The number of nitrogens with zero attached hydrogens (tertiary/aromatic N) is 2. The maximum Gasteiger partial charge on any atom is 0.307 e. The number of carboxylic acid groups (broad SMARTS) is 1. The van der Waals surface area contributed by atoms with Crippen molar-refractivity contribution in [3.05, 3.63) is 0 Å². The lowest BCUT2D eigenvalue weighted by Crippen LogP contribution is -2.54. The average Bonchev–Trinajstić information content (AvgIpc) is 2.38. The van der Waals surface area contributed by atoms with Gasteiger partial charge < -0.3 is 5.11 Å². The van der Waals surface area contributed by atoms with Crippen LogP contribution in [0.2, 0.25) is 0 Å². The van der Waals surface area contributed by atoms with E-state index >= 15 is 0 Å². The van der Waals surface area contributed by atoms with Gasteiger partial charge in [0.05, 0.1) is 5.92 Å². The molecule has 2 rings (SSSR count). The van der Waals surface area contributed by atoms with E-state index in [0.29, 0.717) is 31.8 Å². The van der Waals surface area contributed by atoms with Crippen LogP contribution in [-0.4, -0.2) is 53.8 Å². The molecule has 0 aromatic carbocycles. The Kier molecular flexibility index (Phi) is 4.71. The summed E-state index contributed by atoms with van der Waals surface area (Å²) in [5.41, 5.74) is 0. The molecule has 0 bridgehead atoms. The first-order valence-corrected chi connectivity index (χ1v) is 8.71. The van der Waals surface area contributed by atoms with Crippen LogP contribution in [0.3, 0.4) is 0 Å². The van der Waals surface area contributed by atoms with Crippen molar-refractivity contribution < 1.29 is 18.3 Å². The second-order valence-corrected chi connectivity index (χ2v) is 8.03. The second-order valence-electron chi connectivity index (χ2n) is 6.14.